The number of aromatic nitrogens is 1. The van der Waals surface area contributed by atoms with Gasteiger partial charge in [0.2, 0.25) is 0 Å². The Hall–Kier alpha value is -3.40. The molecule has 3 aromatic carbocycles. The van der Waals surface area contributed by atoms with Gasteiger partial charge in [-0.3, -0.25) is 10.1 Å². The van der Waals surface area contributed by atoms with E-state index in [9.17, 15) is 10.1 Å². The Kier molecular flexibility index (Phi) is 3.17. The predicted octanol–water partition coefficient (Wildman–Crippen LogP) is 5.22. The first kappa shape index (κ1) is 14.2. The molecule has 0 saturated heterocycles. The van der Waals surface area contributed by atoms with E-state index in [1.807, 2.05) is 42.5 Å². The van der Waals surface area contributed by atoms with Crippen LogP contribution in [0.15, 0.2) is 79.4 Å². The first-order valence-corrected chi connectivity index (χ1v) is 7.59. The topological polar surface area (TPSA) is 48.1 Å². The lowest BCUT2D eigenvalue weighted by Gasteiger charge is -2.11. The standard InChI is InChI=1S/C20H14N2O2/c1-14(15-7-6-8-16(13-15)22(23)24)21-19-11-4-2-9-17(19)18-10-3-5-12-20(18)21/h2-13H,1H2. The van der Waals surface area contributed by atoms with E-state index in [0.29, 0.717) is 0 Å². The highest BCUT2D eigenvalue weighted by Gasteiger charge is 2.14. The van der Waals surface area contributed by atoms with Crippen molar-refractivity contribution >= 4 is 33.2 Å². The maximum atomic E-state index is 11.1. The van der Waals surface area contributed by atoms with Crippen LogP contribution in [0.25, 0.3) is 27.5 Å². The molecule has 0 unspecified atom stereocenters. The van der Waals surface area contributed by atoms with Crippen LogP contribution >= 0.6 is 0 Å². The highest BCUT2D eigenvalue weighted by Crippen LogP contribution is 2.33. The van der Waals surface area contributed by atoms with E-state index in [4.69, 9.17) is 0 Å². The van der Waals surface area contributed by atoms with Gasteiger partial charge in [0.05, 0.1) is 16.0 Å². The normalized spacial score (nSPS) is 11.0. The highest BCUT2D eigenvalue weighted by molar-refractivity contribution is 6.10. The van der Waals surface area contributed by atoms with Crippen LogP contribution in [-0.2, 0) is 0 Å². The van der Waals surface area contributed by atoms with Gasteiger partial charge in [0, 0.05) is 34.2 Å². The number of hydrogen-bond acceptors (Lipinski definition) is 2. The number of nitro benzene ring substituents is 1. The van der Waals surface area contributed by atoms with E-state index in [1.54, 1.807) is 12.1 Å². The number of para-hydroxylation sites is 2. The molecule has 1 heterocycles. The van der Waals surface area contributed by atoms with Gasteiger partial charge in [0.1, 0.15) is 0 Å². The Labute approximate surface area is 138 Å². The number of nitrogens with zero attached hydrogens (tertiary/aromatic N) is 2. The Morgan fingerprint density at radius 2 is 1.46 bits per heavy atom. The summed E-state index contributed by atoms with van der Waals surface area (Å²) in [7, 11) is 0. The zero-order valence-electron chi connectivity index (χ0n) is 12.8. The van der Waals surface area contributed by atoms with E-state index in [1.165, 1.54) is 6.07 Å². The maximum absolute atomic E-state index is 11.1. The summed E-state index contributed by atoms with van der Waals surface area (Å²) < 4.78 is 2.06. The quantitative estimate of drug-likeness (QED) is 0.384. The third-order valence-electron chi connectivity index (χ3n) is 4.24. The second-order valence-electron chi connectivity index (χ2n) is 5.62. The molecule has 24 heavy (non-hydrogen) atoms. The van der Waals surface area contributed by atoms with Crippen LogP contribution in [0.5, 0.6) is 0 Å². The van der Waals surface area contributed by atoms with Gasteiger partial charge in [-0.05, 0) is 12.1 Å². The fourth-order valence-corrected chi connectivity index (χ4v) is 3.14. The van der Waals surface area contributed by atoms with E-state index in [-0.39, 0.29) is 10.6 Å². The van der Waals surface area contributed by atoms with Gasteiger partial charge in [0.25, 0.3) is 5.69 Å². The van der Waals surface area contributed by atoms with E-state index < -0.39 is 0 Å². The summed E-state index contributed by atoms with van der Waals surface area (Å²) in [5, 5.41) is 13.3. The summed E-state index contributed by atoms with van der Waals surface area (Å²) >= 11 is 0. The van der Waals surface area contributed by atoms with Crippen molar-refractivity contribution in [3.63, 3.8) is 0 Å². The van der Waals surface area contributed by atoms with Crippen molar-refractivity contribution in [2.75, 3.05) is 0 Å². The molecule has 0 aliphatic carbocycles. The second kappa shape index (κ2) is 5.35. The minimum absolute atomic E-state index is 0.0643. The molecule has 0 bridgehead atoms. The van der Waals surface area contributed by atoms with Gasteiger partial charge >= 0.3 is 0 Å². The Balaban J connectivity index is 2.00. The molecule has 4 heteroatoms. The summed E-state index contributed by atoms with van der Waals surface area (Å²) in [6, 6.07) is 22.8. The number of nitro groups is 1. The molecule has 116 valence electrons. The van der Waals surface area contributed by atoms with Gasteiger partial charge in [-0.1, -0.05) is 55.1 Å². The van der Waals surface area contributed by atoms with Gasteiger partial charge < -0.3 is 4.57 Å². The molecule has 0 amide bonds. The summed E-state index contributed by atoms with van der Waals surface area (Å²) in [4.78, 5) is 10.7. The van der Waals surface area contributed by atoms with Crippen LogP contribution in [0, 0.1) is 10.1 Å². The third-order valence-corrected chi connectivity index (χ3v) is 4.24. The first-order chi connectivity index (χ1) is 11.7. The van der Waals surface area contributed by atoms with Crippen LogP contribution in [0.1, 0.15) is 5.56 Å². The van der Waals surface area contributed by atoms with Crippen molar-refractivity contribution in [3.05, 3.63) is 95.1 Å². The number of benzene rings is 3. The summed E-state index contributed by atoms with van der Waals surface area (Å²) in [6.07, 6.45) is 0. The van der Waals surface area contributed by atoms with Crippen LogP contribution in [-0.4, -0.2) is 9.49 Å². The Bertz CT molecular complexity index is 1060. The molecular weight excluding hydrogens is 300 g/mol. The minimum Gasteiger partial charge on any atom is -0.309 e. The molecule has 0 spiro atoms. The number of fused-ring (bicyclic) bond motifs is 3. The Morgan fingerprint density at radius 3 is 2.04 bits per heavy atom. The van der Waals surface area contributed by atoms with Crippen molar-refractivity contribution in [2.24, 2.45) is 0 Å². The zero-order valence-corrected chi connectivity index (χ0v) is 12.8. The molecule has 0 N–H and O–H groups in total. The Morgan fingerprint density at radius 1 is 0.875 bits per heavy atom. The highest BCUT2D eigenvalue weighted by atomic mass is 16.6. The molecule has 4 rings (SSSR count). The molecular formula is C20H14N2O2. The van der Waals surface area contributed by atoms with Gasteiger partial charge in [-0.15, -0.1) is 0 Å². The van der Waals surface area contributed by atoms with E-state index >= 15 is 0 Å². The lowest BCUT2D eigenvalue weighted by atomic mass is 10.1. The van der Waals surface area contributed by atoms with Crippen molar-refractivity contribution < 1.29 is 4.92 Å². The molecule has 0 atom stereocenters. The lowest BCUT2D eigenvalue weighted by Crippen LogP contribution is -1.98. The maximum Gasteiger partial charge on any atom is 0.270 e. The van der Waals surface area contributed by atoms with Crippen molar-refractivity contribution in [1.82, 2.24) is 4.57 Å². The SMILES string of the molecule is C=C(c1cccc([N+](=O)[O-])c1)n1c2ccccc2c2ccccc21. The lowest BCUT2D eigenvalue weighted by molar-refractivity contribution is -0.384. The van der Waals surface area contributed by atoms with Crippen molar-refractivity contribution in [2.45, 2.75) is 0 Å². The molecule has 0 aliphatic rings. The van der Waals surface area contributed by atoms with Crippen LogP contribution < -0.4 is 0 Å². The zero-order chi connectivity index (χ0) is 16.7. The average molecular weight is 314 g/mol. The number of non-ortho nitro benzene ring substituents is 1. The summed E-state index contributed by atoms with van der Waals surface area (Å²) in [6.45, 7) is 4.21. The fourth-order valence-electron chi connectivity index (χ4n) is 3.14. The van der Waals surface area contributed by atoms with Gasteiger partial charge in [-0.2, -0.15) is 0 Å². The second-order valence-corrected chi connectivity index (χ2v) is 5.62. The van der Waals surface area contributed by atoms with Crippen molar-refractivity contribution in [1.29, 1.82) is 0 Å². The average Bonchev–Trinajstić information content (AvgIpc) is 2.96. The number of hydrogen-bond donors (Lipinski definition) is 0. The smallest absolute Gasteiger partial charge is 0.270 e. The molecule has 0 fully saturated rings. The molecule has 4 nitrogen and oxygen atoms in total. The number of rotatable bonds is 3. The van der Waals surface area contributed by atoms with Crippen LogP contribution in [0.2, 0.25) is 0 Å². The first-order valence-electron chi connectivity index (χ1n) is 7.59. The molecule has 0 saturated carbocycles. The van der Waals surface area contributed by atoms with E-state index in [0.717, 1.165) is 33.1 Å². The molecule has 4 aromatic rings. The predicted molar refractivity (Wildman–Crippen MR) is 97.0 cm³/mol. The van der Waals surface area contributed by atoms with Gasteiger partial charge in [-0.25, -0.2) is 0 Å². The molecule has 1 aromatic heterocycles. The van der Waals surface area contributed by atoms with Crippen LogP contribution in [0.4, 0.5) is 5.69 Å². The van der Waals surface area contributed by atoms with Gasteiger partial charge in [0.15, 0.2) is 0 Å². The largest absolute Gasteiger partial charge is 0.309 e. The summed E-state index contributed by atoms with van der Waals surface area (Å²) in [5.41, 5.74) is 3.59. The third kappa shape index (κ3) is 2.08. The summed E-state index contributed by atoms with van der Waals surface area (Å²) in [5.74, 6) is 0. The minimum atomic E-state index is -0.386. The molecule has 0 radical (unpaired) electrons. The fraction of sp³-hybridized carbons (Fsp3) is 0. The van der Waals surface area contributed by atoms with E-state index in [2.05, 4.69) is 23.3 Å². The molecule has 0 aliphatic heterocycles. The monoisotopic (exact) mass is 314 g/mol. The van der Waals surface area contributed by atoms with Crippen molar-refractivity contribution in [3.8, 4) is 0 Å². The van der Waals surface area contributed by atoms with Crippen LogP contribution in [0.3, 0.4) is 0 Å².